The van der Waals surface area contributed by atoms with Gasteiger partial charge in [-0.15, -0.1) is 6.58 Å². The molecular weight excluding hydrogens is 390 g/mol. The second-order valence-electron chi connectivity index (χ2n) is 6.34. The maximum Gasteiger partial charge on any atom is 0.253 e. The molecule has 0 spiro atoms. The van der Waals surface area contributed by atoms with E-state index >= 15 is 0 Å². The first-order valence-electron chi connectivity index (χ1n) is 9.11. The van der Waals surface area contributed by atoms with E-state index in [0.717, 1.165) is 16.1 Å². The molecule has 2 aromatic carbocycles. The van der Waals surface area contributed by atoms with Crippen LogP contribution in [0.4, 0.5) is 11.4 Å². The van der Waals surface area contributed by atoms with Crippen LogP contribution in [0.15, 0.2) is 61.2 Å². The van der Waals surface area contributed by atoms with Gasteiger partial charge in [0.15, 0.2) is 0 Å². The summed E-state index contributed by atoms with van der Waals surface area (Å²) in [6.07, 6.45) is 3.23. The molecule has 0 aromatic heterocycles. The van der Waals surface area contributed by atoms with E-state index in [1.54, 1.807) is 42.5 Å². The van der Waals surface area contributed by atoms with Crippen LogP contribution in [0.1, 0.15) is 22.8 Å². The van der Waals surface area contributed by atoms with Crippen LogP contribution in [0.3, 0.4) is 0 Å². The zero-order chi connectivity index (χ0) is 21.4. The van der Waals surface area contributed by atoms with E-state index in [2.05, 4.69) is 17.2 Å². The van der Waals surface area contributed by atoms with Crippen LogP contribution in [0.2, 0.25) is 0 Å². The highest BCUT2D eigenvalue weighted by molar-refractivity contribution is 7.92. The number of benzene rings is 2. The van der Waals surface area contributed by atoms with Crippen LogP contribution in [0, 0.1) is 0 Å². The molecule has 0 aliphatic rings. The van der Waals surface area contributed by atoms with E-state index in [-0.39, 0.29) is 18.0 Å². The van der Waals surface area contributed by atoms with Crippen molar-refractivity contribution >= 4 is 33.2 Å². The molecule has 0 aliphatic carbocycles. The summed E-state index contributed by atoms with van der Waals surface area (Å²) in [6, 6.07) is 13.6. The van der Waals surface area contributed by atoms with Crippen molar-refractivity contribution in [2.24, 2.45) is 0 Å². The molecule has 0 unspecified atom stereocenters. The number of sulfonamides is 1. The molecule has 7 nitrogen and oxygen atoms in total. The Kier molecular flexibility index (Phi) is 7.55. The fourth-order valence-electron chi connectivity index (χ4n) is 2.80. The minimum absolute atomic E-state index is 0.280. The number of hydrogen-bond acceptors (Lipinski definition) is 4. The molecule has 2 aromatic rings. The Hall–Kier alpha value is -3.13. The third-order valence-corrected chi connectivity index (χ3v) is 5.31. The summed E-state index contributed by atoms with van der Waals surface area (Å²) < 4.78 is 25.8. The number of nitrogens with zero attached hydrogens (tertiary/aromatic N) is 1. The molecule has 2 amide bonds. The van der Waals surface area contributed by atoms with Gasteiger partial charge in [-0.2, -0.15) is 0 Å². The summed E-state index contributed by atoms with van der Waals surface area (Å²) in [5.74, 6) is -0.914. The summed E-state index contributed by atoms with van der Waals surface area (Å²) >= 11 is 0. The third-order valence-electron chi connectivity index (χ3n) is 4.18. The molecule has 0 aliphatic heterocycles. The minimum Gasteiger partial charge on any atom is -0.349 e. The van der Waals surface area contributed by atoms with Crippen molar-refractivity contribution in [3.63, 3.8) is 0 Å². The summed E-state index contributed by atoms with van der Waals surface area (Å²) in [4.78, 5) is 24.9. The third kappa shape index (κ3) is 5.92. The fourth-order valence-corrected chi connectivity index (χ4v) is 3.69. The van der Waals surface area contributed by atoms with Crippen molar-refractivity contribution < 1.29 is 18.0 Å². The SMILES string of the molecule is C=CCNC(=O)c1ccccc1NC(=O)CN(c1ccccc1CC)S(C)(=O)=O. The maximum absolute atomic E-state index is 12.7. The van der Waals surface area contributed by atoms with Gasteiger partial charge < -0.3 is 10.6 Å². The number of carbonyl (C=O) groups is 2. The summed E-state index contributed by atoms with van der Waals surface area (Å²) in [5, 5.41) is 5.30. The monoisotopic (exact) mass is 415 g/mol. The van der Waals surface area contributed by atoms with Crippen LogP contribution >= 0.6 is 0 Å². The highest BCUT2D eigenvalue weighted by atomic mass is 32.2. The van der Waals surface area contributed by atoms with E-state index in [4.69, 9.17) is 0 Å². The van der Waals surface area contributed by atoms with Gasteiger partial charge in [-0.05, 0) is 30.2 Å². The predicted octanol–water partition coefficient (Wildman–Crippen LogP) is 2.57. The quantitative estimate of drug-likeness (QED) is 0.616. The second kappa shape index (κ2) is 9.88. The van der Waals surface area contributed by atoms with E-state index in [9.17, 15) is 18.0 Å². The predicted molar refractivity (Wildman–Crippen MR) is 116 cm³/mol. The van der Waals surface area contributed by atoms with Gasteiger partial charge in [0.25, 0.3) is 5.91 Å². The number of amides is 2. The van der Waals surface area contributed by atoms with Crippen LogP contribution in [0.5, 0.6) is 0 Å². The molecule has 0 radical (unpaired) electrons. The van der Waals surface area contributed by atoms with E-state index < -0.39 is 22.5 Å². The van der Waals surface area contributed by atoms with Crippen LogP contribution in [-0.4, -0.2) is 39.6 Å². The lowest BCUT2D eigenvalue weighted by Gasteiger charge is -2.24. The fraction of sp³-hybridized carbons (Fsp3) is 0.238. The lowest BCUT2D eigenvalue weighted by Crippen LogP contribution is -2.38. The summed E-state index contributed by atoms with van der Waals surface area (Å²) in [6.45, 7) is 5.35. The number of hydrogen-bond donors (Lipinski definition) is 2. The van der Waals surface area contributed by atoms with Crippen LogP contribution < -0.4 is 14.9 Å². The summed E-state index contributed by atoms with van der Waals surface area (Å²) in [5.41, 5.74) is 1.86. The average Bonchev–Trinajstić information content (AvgIpc) is 2.69. The molecule has 0 atom stereocenters. The molecule has 0 bridgehead atoms. The number of para-hydroxylation sites is 2. The molecule has 2 rings (SSSR count). The van der Waals surface area contributed by atoms with E-state index in [1.165, 1.54) is 0 Å². The summed E-state index contributed by atoms with van der Waals surface area (Å²) in [7, 11) is -3.69. The first-order valence-corrected chi connectivity index (χ1v) is 11.0. The van der Waals surface area contributed by atoms with Crippen molar-refractivity contribution in [1.82, 2.24) is 5.32 Å². The molecule has 0 saturated carbocycles. The van der Waals surface area contributed by atoms with Crippen molar-refractivity contribution in [1.29, 1.82) is 0 Å². The van der Waals surface area contributed by atoms with Gasteiger partial charge in [0.2, 0.25) is 15.9 Å². The zero-order valence-corrected chi connectivity index (χ0v) is 17.3. The maximum atomic E-state index is 12.7. The Morgan fingerprint density at radius 2 is 1.76 bits per heavy atom. The number of anilines is 2. The smallest absolute Gasteiger partial charge is 0.253 e. The van der Waals surface area contributed by atoms with Crippen LogP contribution in [-0.2, 0) is 21.2 Å². The molecule has 0 heterocycles. The Morgan fingerprint density at radius 1 is 1.10 bits per heavy atom. The molecule has 2 N–H and O–H groups in total. The highest BCUT2D eigenvalue weighted by Gasteiger charge is 2.23. The molecule has 0 saturated heterocycles. The first kappa shape index (κ1) is 22.2. The zero-order valence-electron chi connectivity index (χ0n) is 16.5. The standard InChI is InChI=1S/C21H25N3O4S/c1-4-14-22-21(26)17-11-7-8-12-18(17)23-20(25)15-24(29(3,27)28)19-13-9-6-10-16(19)5-2/h4,6-13H,1,5,14-15H2,2-3H3,(H,22,26)(H,23,25). The first-order chi connectivity index (χ1) is 13.8. The number of nitrogens with one attached hydrogen (secondary N) is 2. The molecule has 8 heteroatoms. The van der Waals surface area contributed by atoms with Gasteiger partial charge in [0.1, 0.15) is 6.54 Å². The van der Waals surface area contributed by atoms with Gasteiger partial charge in [-0.1, -0.05) is 43.3 Å². The Labute approximate surface area is 171 Å². The normalized spacial score (nSPS) is 10.8. The Balaban J connectivity index is 2.27. The van der Waals surface area contributed by atoms with Gasteiger partial charge >= 0.3 is 0 Å². The average molecular weight is 416 g/mol. The van der Waals surface area contributed by atoms with E-state index in [1.807, 2.05) is 19.1 Å². The lowest BCUT2D eigenvalue weighted by atomic mass is 10.1. The van der Waals surface area contributed by atoms with Crippen molar-refractivity contribution in [2.45, 2.75) is 13.3 Å². The van der Waals surface area contributed by atoms with Crippen molar-refractivity contribution in [3.05, 3.63) is 72.3 Å². The highest BCUT2D eigenvalue weighted by Crippen LogP contribution is 2.23. The topological polar surface area (TPSA) is 95.6 Å². The molecule has 29 heavy (non-hydrogen) atoms. The molecule has 0 fully saturated rings. The van der Waals surface area contributed by atoms with Gasteiger partial charge in [-0.25, -0.2) is 8.42 Å². The van der Waals surface area contributed by atoms with Gasteiger partial charge in [-0.3, -0.25) is 13.9 Å². The number of rotatable bonds is 9. The largest absolute Gasteiger partial charge is 0.349 e. The Morgan fingerprint density at radius 3 is 2.41 bits per heavy atom. The van der Waals surface area contributed by atoms with Crippen LogP contribution in [0.25, 0.3) is 0 Å². The van der Waals surface area contributed by atoms with Gasteiger partial charge in [0, 0.05) is 6.54 Å². The second-order valence-corrected chi connectivity index (χ2v) is 8.25. The van der Waals surface area contributed by atoms with Crippen molar-refractivity contribution in [3.8, 4) is 0 Å². The van der Waals surface area contributed by atoms with Crippen molar-refractivity contribution in [2.75, 3.05) is 29.0 Å². The minimum atomic E-state index is -3.69. The number of carbonyl (C=O) groups excluding carboxylic acids is 2. The Bertz CT molecular complexity index is 1000. The molecule has 154 valence electrons. The van der Waals surface area contributed by atoms with Gasteiger partial charge in [0.05, 0.1) is 23.2 Å². The van der Waals surface area contributed by atoms with E-state index in [0.29, 0.717) is 17.8 Å². The lowest BCUT2D eigenvalue weighted by molar-refractivity contribution is -0.114. The number of aryl methyl sites for hydroxylation is 1. The molecular formula is C21H25N3O4S.